The molecule has 0 saturated heterocycles. The van der Waals surface area contributed by atoms with Crippen LogP contribution in [0.15, 0.2) is 71.7 Å². The van der Waals surface area contributed by atoms with E-state index in [-0.39, 0.29) is 24.8 Å². The molecule has 0 radical (unpaired) electrons. The van der Waals surface area contributed by atoms with Crippen LogP contribution in [0.5, 0.6) is 0 Å². The summed E-state index contributed by atoms with van der Waals surface area (Å²) in [6, 6.07) is 20.8. The van der Waals surface area contributed by atoms with E-state index in [0.717, 1.165) is 16.7 Å². The molecule has 6 heteroatoms. The van der Waals surface area contributed by atoms with Gasteiger partial charge < -0.3 is 10.2 Å². The fourth-order valence-corrected chi connectivity index (χ4v) is 3.84. The molecule has 3 aromatic carbocycles. The molecule has 1 heterocycles. The number of benzene rings is 3. The van der Waals surface area contributed by atoms with Gasteiger partial charge in [-0.15, -0.1) is 0 Å². The van der Waals surface area contributed by atoms with Crippen molar-refractivity contribution < 1.29 is 9.59 Å². The number of carbonyl (C=O) groups excluding carboxylic acids is 2. The molecule has 162 valence electrons. The van der Waals surface area contributed by atoms with E-state index in [1.165, 1.54) is 10.5 Å². The van der Waals surface area contributed by atoms with Gasteiger partial charge in [0.1, 0.15) is 6.54 Å². The standard InChI is InChI=1S/C26H24ClN3O2/c1-17-11-12-19(13-18(17)2)23-14-26(32)30(24-10-6-5-9-22(24)29-23)16-25(31)28-15-20-7-3-4-8-21(20)27/h3-13H,14-16H2,1-2H3,(H,28,31). The van der Waals surface area contributed by atoms with Gasteiger partial charge in [0.25, 0.3) is 0 Å². The molecule has 0 fully saturated rings. The number of para-hydroxylation sites is 2. The maximum absolute atomic E-state index is 13.2. The van der Waals surface area contributed by atoms with E-state index in [1.54, 1.807) is 6.07 Å². The maximum atomic E-state index is 13.2. The zero-order chi connectivity index (χ0) is 22.7. The Balaban J connectivity index is 1.56. The monoisotopic (exact) mass is 445 g/mol. The first-order valence-electron chi connectivity index (χ1n) is 10.5. The molecule has 0 aliphatic carbocycles. The Morgan fingerprint density at radius 2 is 1.78 bits per heavy atom. The van der Waals surface area contributed by atoms with Crippen LogP contribution in [0.25, 0.3) is 0 Å². The maximum Gasteiger partial charge on any atom is 0.240 e. The minimum Gasteiger partial charge on any atom is -0.350 e. The Kier molecular flexibility index (Phi) is 6.37. The predicted molar refractivity (Wildman–Crippen MR) is 129 cm³/mol. The van der Waals surface area contributed by atoms with Gasteiger partial charge in [0, 0.05) is 11.6 Å². The first-order valence-corrected chi connectivity index (χ1v) is 10.8. The van der Waals surface area contributed by atoms with Gasteiger partial charge in [-0.05, 0) is 60.4 Å². The zero-order valence-electron chi connectivity index (χ0n) is 18.1. The molecule has 0 aromatic heterocycles. The number of anilines is 1. The van der Waals surface area contributed by atoms with E-state index in [1.807, 2.05) is 61.5 Å². The summed E-state index contributed by atoms with van der Waals surface area (Å²) in [5.41, 5.74) is 6.07. The van der Waals surface area contributed by atoms with Crippen molar-refractivity contribution in [2.24, 2.45) is 4.99 Å². The van der Waals surface area contributed by atoms with Gasteiger partial charge in [-0.1, -0.05) is 54.1 Å². The number of hydrogen-bond donors (Lipinski definition) is 1. The van der Waals surface area contributed by atoms with E-state index in [9.17, 15) is 9.59 Å². The molecule has 32 heavy (non-hydrogen) atoms. The highest BCUT2D eigenvalue weighted by Crippen LogP contribution is 2.33. The summed E-state index contributed by atoms with van der Waals surface area (Å²) in [6.45, 7) is 4.31. The van der Waals surface area contributed by atoms with Crippen molar-refractivity contribution in [1.82, 2.24) is 5.32 Å². The Morgan fingerprint density at radius 1 is 1.03 bits per heavy atom. The second kappa shape index (κ2) is 9.37. The summed E-state index contributed by atoms with van der Waals surface area (Å²) in [5.74, 6) is -0.428. The molecule has 2 amide bonds. The molecule has 4 rings (SSSR count). The second-order valence-corrected chi connectivity index (χ2v) is 8.28. The third kappa shape index (κ3) is 4.73. The Morgan fingerprint density at radius 3 is 2.56 bits per heavy atom. The highest BCUT2D eigenvalue weighted by molar-refractivity contribution is 6.31. The number of nitrogens with zero attached hydrogens (tertiary/aromatic N) is 2. The van der Waals surface area contributed by atoms with Crippen LogP contribution in [-0.4, -0.2) is 24.1 Å². The molecular weight excluding hydrogens is 422 g/mol. The first-order chi connectivity index (χ1) is 15.4. The lowest BCUT2D eigenvalue weighted by atomic mass is 10.0. The third-order valence-electron chi connectivity index (χ3n) is 5.62. The summed E-state index contributed by atoms with van der Waals surface area (Å²) in [6.07, 6.45) is 0.120. The zero-order valence-corrected chi connectivity index (χ0v) is 18.8. The molecule has 1 aliphatic rings. The number of fused-ring (bicyclic) bond motifs is 1. The van der Waals surface area contributed by atoms with Gasteiger partial charge in [-0.25, -0.2) is 0 Å². The average Bonchev–Trinajstić information content (AvgIpc) is 2.92. The molecule has 0 saturated carbocycles. The van der Waals surface area contributed by atoms with E-state index < -0.39 is 0 Å². The van der Waals surface area contributed by atoms with E-state index in [4.69, 9.17) is 16.6 Å². The smallest absolute Gasteiger partial charge is 0.240 e. The third-order valence-corrected chi connectivity index (χ3v) is 5.99. The molecule has 1 N–H and O–H groups in total. The minimum atomic E-state index is -0.261. The number of aryl methyl sites for hydroxylation is 2. The van der Waals surface area contributed by atoms with Crippen LogP contribution in [0, 0.1) is 13.8 Å². The molecule has 0 spiro atoms. The summed E-state index contributed by atoms with van der Waals surface area (Å²) in [4.78, 5) is 32.2. The van der Waals surface area contributed by atoms with Gasteiger partial charge in [0.05, 0.1) is 23.5 Å². The fourth-order valence-electron chi connectivity index (χ4n) is 3.64. The van der Waals surface area contributed by atoms with Crippen LogP contribution in [0.4, 0.5) is 11.4 Å². The predicted octanol–water partition coefficient (Wildman–Crippen LogP) is 5.13. The van der Waals surface area contributed by atoms with Gasteiger partial charge in [-0.3, -0.25) is 14.6 Å². The number of hydrogen-bond acceptors (Lipinski definition) is 3. The Labute approximate surface area is 192 Å². The Hall–Kier alpha value is -3.44. The highest BCUT2D eigenvalue weighted by Gasteiger charge is 2.26. The quantitative estimate of drug-likeness (QED) is 0.591. The largest absolute Gasteiger partial charge is 0.350 e. The molecular formula is C26H24ClN3O2. The number of aliphatic imine (C=N–C) groups is 1. The summed E-state index contributed by atoms with van der Waals surface area (Å²) >= 11 is 6.18. The fraction of sp³-hybridized carbons (Fsp3) is 0.192. The van der Waals surface area contributed by atoms with E-state index in [2.05, 4.69) is 18.3 Å². The van der Waals surface area contributed by atoms with E-state index in [0.29, 0.717) is 28.7 Å². The molecule has 0 bridgehead atoms. The van der Waals surface area contributed by atoms with Crippen LogP contribution in [0.1, 0.15) is 28.7 Å². The molecule has 1 aliphatic heterocycles. The van der Waals surface area contributed by atoms with Crippen molar-refractivity contribution in [3.8, 4) is 0 Å². The van der Waals surface area contributed by atoms with Crippen LogP contribution in [0.3, 0.4) is 0 Å². The van der Waals surface area contributed by atoms with Crippen molar-refractivity contribution in [3.05, 3.63) is 94.0 Å². The van der Waals surface area contributed by atoms with E-state index >= 15 is 0 Å². The van der Waals surface area contributed by atoms with Crippen LogP contribution < -0.4 is 10.2 Å². The van der Waals surface area contributed by atoms with Gasteiger partial charge in [0.2, 0.25) is 11.8 Å². The average molecular weight is 446 g/mol. The molecule has 5 nitrogen and oxygen atoms in total. The molecule has 0 unspecified atom stereocenters. The summed E-state index contributed by atoms with van der Waals surface area (Å²) in [7, 11) is 0. The lowest BCUT2D eigenvalue weighted by Crippen LogP contribution is -2.41. The number of rotatable bonds is 5. The summed E-state index contributed by atoms with van der Waals surface area (Å²) < 4.78 is 0. The van der Waals surface area contributed by atoms with Crippen LogP contribution in [-0.2, 0) is 16.1 Å². The van der Waals surface area contributed by atoms with Crippen LogP contribution >= 0.6 is 11.6 Å². The van der Waals surface area contributed by atoms with Crippen molar-refractivity contribution in [2.75, 3.05) is 11.4 Å². The SMILES string of the molecule is Cc1ccc(C2=Nc3ccccc3N(CC(=O)NCc3ccccc3Cl)C(=O)C2)cc1C. The number of halogens is 1. The lowest BCUT2D eigenvalue weighted by molar-refractivity contribution is -0.123. The topological polar surface area (TPSA) is 61.8 Å². The Bertz CT molecular complexity index is 1220. The van der Waals surface area contributed by atoms with Crippen molar-refractivity contribution in [2.45, 2.75) is 26.8 Å². The summed E-state index contributed by atoms with van der Waals surface area (Å²) in [5, 5.41) is 3.45. The van der Waals surface area contributed by atoms with Gasteiger partial charge in [0.15, 0.2) is 0 Å². The number of nitrogens with one attached hydrogen (secondary N) is 1. The highest BCUT2D eigenvalue weighted by atomic mass is 35.5. The minimum absolute atomic E-state index is 0.0873. The molecule has 3 aromatic rings. The first kappa shape index (κ1) is 21.8. The van der Waals surface area contributed by atoms with Gasteiger partial charge in [-0.2, -0.15) is 0 Å². The van der Waals surface area contributed by atoms with Crippen LogP contribution in [0.2, 0.25) is 5.02 Å². The van der Waals surface area contributed by atoms with Crippen molar-refractivity contribution >= 4 is 40.5 Å². The molecule has 0 atom stereocenters. The number of carbonyl (C=O) groups is 2. The number of amides is 2. The van der Waals surface area contributed by atoms with Crippen molar-refractivity contribution in [1.29, 1.82) is 0 Å². The second-order valence-electron chi connectivity index (χ2n) is 7.87. The lowest BCUT2D eigenvalue weighted by Gasteiger charge is -2.22. The normalized spacial score (nSPS) is 13.3. The van der Waals surface area contributed by atoms with Crippen molar-refractivity contribution in [3.63, 3.8) is 0 Å². The van der Waals surface area contributed by atoms with Gasteiger partial charge >= 0.3 is 0 Å².